The predicted octanol–water partition coefficient (Wildman–Crippen LogP) is 2.45. The molecule has 1 aromatic rings. The Balaban J connectivity index is 1.91. The molecule has 0 aromatic carbocycles. The highest BCUT2D eigenvalue weighted by Gasteiger charge is 2.50. The van der Waals surface area contributed by atoms with Gasteiger partial charge in [-0.1, -0.05) is 6.42 Å². The molecule has 4 nitrogen and oxygen atoms in total. The SMILES string of the molecule is COCCNC1(c2nc(C)c(C)s2)CCN2CCCCC21. The van der Waals surface area contributed by atoms with Gasteiger partial charge in [-0.15, -0.1) is 11.3 Å². The average molecular weight is 309 g/mol. The summed E-state index contributed by atoms with van der Waals surface area (Å²) in [6, 6.07) is 0.605. The number of rotatable bonds is 5. The standard InChI is InChI=1S/C16H27N3OS/c1-12-13(2)21-15(18-12)16(17-8-11-20-3)7-10-19-9-5-4-6-14(16)19/h14,17H,4-11H2,1-3H3. The monoisotopic (exact) mass is 309 g/mol. The van der Waals surface area contributed by atoms with Crippen molar-refractivity contribution in [2.24, 2.45) is 0 Å². The van der Waals surface area contributed by atoms with Crippen molar-refractivity contribution in [3.8, 4) is 0 Å². The third kappa shape index (κ3) is 2.77. The summed E-state index contributed by atoms with van der Waals surface area (Å²) >= 11 is 1.88. The molecule has 1 N–H and O–H groups in total. The number of ether oxygens (including phenoxy) is 1. The Morgan fingerprint density at radius 1 is 1.38 bits per heavy atom. The van der Waals surface area contributed by atoms with Gasteiger partial charge in [0.15, 0.2) is 0 Å². The Labute approximate surface area is 131 Å². The van der Waals surface area contributed by atoms with Crippen LogP contribution in [0.5, 0.6) is 0 Å². The molecule has 1 aromatic heterocycles. The zero-order valence-corrected chi connectivity index (χ0v) is 14.3. The summed E-state index contributed by atoms with van der Waals surface area (Å²) in [5, 5.41) is 5.13. The van der Waals surface area contributed by atoms with Gasteiger partial charge in [-0.2, -0.15) is 0 Å². The summed E-state index contributed by atoms with van der Waals surface area (Å²) in [4.78, 5) is 8.95. The predicted molar refractivity (Wildman–Crippen MR) is 87.0 cm³/mol. The quantitative estimate of drug-likeness (QED) is 0.848. The van der Waals surface area contributed by atoms with Crippen molar-refractivity contribution in [2.75, 3.05) is 33.4 Å². The molecule has 2 fully saturated rings. The van der Waals surface area contributed by atoms with Crippen molar-refractivity contribution in [1.29, 1.82) is 0 Å². The van der Waals surface area contributed by atoms with Crippen LogP contribution in [-0.4, -0.2) is 49.3 Å². The van der Waals surface area contributed by atoms with Gasteiger partial charge in [-0.3, -0.25) is 4.90 Å². The Kier molecular flexibility index (Phi) is 4.64. The Morgan fingerprint density at radius 2 is 2.24 bits per heavy atom. The summed E-state index contributed by atoms with van der Waals surface area (Å²) in [5.74, 6) is 0. The molecule has 2 aliphatic heterocycles. The number of piperidine rings is 1. The molecule has 0 bridgehead atoms. The van der Waals surface area contributed by atoms with Crippen molar-refractivity contribution >= 4 is 11.3 Å². The molecule has 3 rings (SSSR count). The first-order valence-electron chi connectivity index (χ1n) is 8.10. The largest absolute Gasteiger partial charge is 0.383 e. The Morgan fingerprint density at radius 3 is 2.95 bits per heavy atom. The smallest absolute Gasteiger partial charge is 0.115 e. The summed E-state index contributed by atoms with van der Waals surface area (Å²) in [5.41, 5.74) is 1.24. The molecular weight excluding hydrogens is 282 g/mol. The van der Waals surface area contributed by atoms with E-state index in [0.717, 1.165) is 13.2 Å². The summed E-state index contributed by atoms with van der Waals surface area (Å²) < 4.78 is 5.25. The Hall–Kier alpha value is -0.490. The maximum absolute atomic E-state index is 5.25. The molecule has 0 radical (unpaired) electrons. The molecule has 2 unspecified atom stereocenters. The maximum Gasteiger partial charge on any atom is 0.115 e. The van der Waals surface area contributed by atoms with Gasteiger partial charge in [-0.05, 0) is 39.7 Å². The molecule has 0 amide bonds. The maximum atomic E-state index is 5.25. The van der Waals surface area contributed by atoms with Gasteiger partial charge in [-0.25, -0.2) is 4.98 Å². The molecule has 2 atom stereocenters. The first kappa shape index (κ1) is 15.4. The van der Waals surface area contributed by atoms with Crippen LogP contribution in [0.3, 0.4) is 0 Å². The summed E-state index contributed by atoms with van der Waals surface area (Å²) in [6.45, 7) is 8.43. The lowest BCUT2D eigenvalue weighted by atomic mass is 9.85. The molecule has 21 heavy (non-hydrogen) atoms. The van der Waals surface area contributed by atoms with Gasteiger partial charge in [0.1, 0.15) is 5.01 Å². The molecule has 2 aliphatic rings. The van der Waals surface area contributed by atoms with E-state index >= 15 is 0 Å². The third-order valence-corrected chi connectivity index (χ3v) is 6.38. The fraction of sp³-hybridized carbons (Fsp3) is 0.812. The lowest BCUT2D eigenvalue weighted by Gasteiger charge is -2.40. The van der Waals surface area contributed by atoms with Crippen LogP contribution in [0.1, 0.15) is 41.3 Å². The minimum absolute atomic E-state index is 0.0443. The van der Waals surface area contributed by atoms with Crippen LogP contribution >= 0.6 is 11.3 Å². The van der Waals surface area contributed by atoms with Gasteiger partial charge in [0.05, 0.1) is 17.8 Å². The second-order valence-electron chi connectivity index (χ2n) is 6.35. The second kappa shape index (κ2) is 6.32. The lowest BCUT2D eigenvalue weighted by molar-refractivity contribution is 0.124. The van der Waals surface area contributed by atoms with Crippen molar-refractivity contribution in [3.05, 3.63) is 15.6 Å². The number of aryl methyl sites for hydroxylation is 2. The van der Waals surface area contributed by atoms with Crippen LogP contribution in [0, 0.1) is 13.8 Å². The van der Waals surface area contributed by atoms with E-state index in [1.54, 1.807) is 7.11 Å². The molecule has 0 saturated carbocycles. The number of hydrogen-bond donors (Lipinski definition) is 1. The Bertz CT molecular complexity index is 470. The van der Waals surface area contributed by atoms with Crippen LogP contribution < -0.4 is 5.32 Å². The summed E-state index contributed by atoms with van der Waals surface area (Å²) in [6.07, 6.45) is 5.16. The number of hydrogen-bond acceptors (Lipinski definition) is 5. The van der Waals surface area contributed by atoms with Crippen LogP contribution in [0.4, 0.5) is 0 Å². The number of nitrogens with one attached hydrogen (secondary N) is 1. The lowest BCUT2D eigenvalue weighted by Crippen LogP contribution is -2.54. The number of thiazole rings is 1. The highest BCUT2D eigenvalue weighted by molar-refractivity contribution is 7.11. The van der Waals surface area contributed by atoms with Gasteiger partial charge >= 0.3 is 0 Å². The van der Waals surface area contributed by atoms with E-state index in [4.69, 9.17) is 9.72 Å². The van der Waals surface area contributed by atoms with Crippen LogP contribution in [0.2, 0.25) is 0 Å². The molecule has 5 heteroatoms. The molecule has 2 saturated heterocycles. The normalized spacial score (nSPS) is 29.8. The molecule has 0 spiro atoms. The topological polar surface area (TPSA) is 37.4 Å². The number of methoxy groups -OCH3 is 1. The van der Waals surface area contributed by atoms with E-state index in [0.29, 0.717) is 6.04 Å². The van der Waals surface area contributed by atoms with Crippen LogP contribution in [0.15, 0.2) is 0 Å². The number of fused-ring (bicyclic) bond motifs is 1. The van der Waals surface area contributed by atoms with E-state index in [9.17, 15) is 0 Å². The van der Waals surface area contributed by atoms with E-state index in [1.807, 2.05) is 11.3 Å². The average Bonchev–Trinajstić information content (AvgIpc) is 3.02. The van der Waals surface area contributed by atoms with Crippen molar-refractivity contribution < 1.29 is 4.74 Å². The van der Waals surface area contributed by atoms with Gasteiger partial charge in [0.25, 0.3) is 0 Å². The molecule has 118 valence electrons. The highest BCUT2D eigenvalue weighted by Crippen LogP contribution is 2.43. The van der Waals surface area contributed by atoms with Gasteiger partial charge in [0.2, 0.25) is 0 Å². The zero-order chi connectivity index (χ0) is 14.9. The summed E-state index contributed by atoms with van der Waals surface area (Å²) in [7, 11) is 1.77. The molecular formula is C16H27N3OS. The van der Waals surface area contributed by atoms with E-state index in [1.165, 1.54) is 54.4 Å². The van der Waals surface area contributed by atoms with Gasteiger partial charge in [0, 0.05) is 31.1 Å². The van der Waals surface area contributed by atoms with E-state index in [2.05, 4.69) is 24.1 Å². The third-order valence-electron chi connectivity index (χ3n) is 5.13. The van der Waals surface area contributed by atoms with E-state index in [-0.39, 0.29) is 5.54 Å². The zero-order valence-electron chi connectivity index (χ0n) is 13.4. The van der Waals surface area contributed by atoms with Crippen molar-refractivity contribution in [1.82, 2.24) is 15.2 Å². The minimum atomic E-state index is 0.0443. The van der Waals surface area contributed by atoms with Gasteiger partial charge < -0.3 is 10.1 Å². The fourth-order valence-corrected chi connectivity index (χ4v) is 5.03. The van der Waals surface area contributed by atoms with Crippen LogP contribution in [0.25, 0.3) is 0 Å². The van der Waals surface area contributed by atoms with Crippen molar-refractivity contribution in [2.45, 2.75) is 51.1 Å². The van der Waals surface area contributed by atoms with Crippen molar-refractivity contribution in [3.63, 3.8) is 0 Å². The number of nitrogens with zero attached hydrogens (tertiary/aromatic N) is 2. The first-order chi connectivity index (χ1) is 10.2. The highest BCUT2D eigenvalue weighted by atomic mass is 32.1. The minimum Gasteiger partial charge on any atom is -0.383 e. The molecule has 3 heterocycles. The second-order valence-corrected chi connectivity index (χ2v) is 7.55. The number of aromatic nitrogens is 1. The first-order valence-corrected chi connectivity index (χ1v) is 8.91. The molecule has 0 aliphatic carbocycles. The fourth-order valence-electron chi connectivity index (χ4n) is 3.87. The van der Waals surface area contributed by atoms with Crippen LogP contribution in [-0.2, 0) is 10.3 Å². The van der Waals surface area contributed by atoms with E-state index < -0.39 is 0 Å².